The summed E-state index contributed by atoms with van der Waals surface area (Å²) in [7, 11) is 0. The van der Waals surface area contributed by atoms with Gasteiger partial charge in [0.05, 0.1) is 12.3 Å². The smallest absolute Gasteiger partial charge is 0.348 e. The fourth-order valence-electron chi connectivity index (χ4n) is 1.60. The van der Waals surface area contributed by atoms with Crippen LogP contribution in [0.4, 0.5) is 10.1 Å². The zero-order chi connectivity index (χ0) is 20.1. The van der Waals surface area contributed by atoms with Crippen molar-refractivity contribution in [1.82, 2.24) is 4.98 Å². The van der Waals surface area contributed by atoms with Gasteiger partial charge >= 0.3 is 5.97 Å². The first-order chi connectivity index (χ1) is 12.0. The summed E-state index contributed by atoms with van der Waals surface area (Å²) >= 11 is 11.5. The third kappa shape index (κ3) is 5.55. The van der Waals surface area contributed by atoms with Crippen molar-refractivity contribution < 1.29 is 28.2 Å². The van der Waals surface area contributed by atoms with E-state index in [0.717, 1.165) is 0 Å². The number of ether oxygens (including phenoxy) is 3. The molecule has 1 atom stereocenters. The van der Waals surface area contributed by atoms with E-state index in [1.165, 1.54) is 26.8 Å². The SMILES string of the molecule is C=CCOCC(=O)C(C)(C)OC(=O)C(C)Oc1nc(F)c(Cl)c(N)c1Cl. The fraction of sp³-hybridized carbons (Fsp3) is 0.438. The van der Waals surface area contributed by atoms with E-state index in [1.807, 2.05) is 0 Å². The minimum Gasteiger partial charge on any atom is -0.461 e. The molecular weight excluding hydrogens is 390 g/mol. The maximum Gasteiger partial charge on any atom is 0.348 e. The van der Waals surface area contributed by atoms with E-state index in [1.54, 1.807) is 0 Å². The molecule has 0 saturated heterocycles. The number of aromatic nitrogens is 1. The van der Waals surface area contributed by atoms with Crippen molar-refractivity contribution in [3.63, 3.8) is 0 Å². The lowest BCUT2D eigenvalue weighted by Crippen LogP contribution is -2.43. The van der Waals surface area contributed by atoms with Crippen molar-refractivity contribution in [2.24, 2.45) is 0 Å². The number of pyridine rings is 1. The molecule has 2 N–H and O–H groups in total. The maximum absolute atomic E-state index is 13.6. The Kier molecular flexibility index (Phi) is 7.80. The van der Waals surface area contributed by atoms with Crippen molar-refractivity contribution in [1.29, 1.82) is 0 Å². The zero-order valence-electron chi connectivity index (χ0n) is 14.5. The summed E-state index contributed by atoms with van der Waals surface area (Å²) in [4.78, 5) is 27.6. The third-order valence-electron chi connectivity index (χ3n) is 3.16. The topological polar surface area (TPSA) is 101 Å². The van der Waals surface area contributed by atoms with Crippen LogP contribution < -0.4 is 10.5 Å². The molecule has 0 aliphatic rings. The largest absolute Gasteiger partial charge is 0.461 e. The number of nitrogen functional groups attached to an aromatic ring is 1. The van der Waals surface area contributed by atoms with E-state index in [2.05, 4.69) is 11.6 Å². The van der Waals surface area contributed by atoms with Crippen LogP contribution in [-0.2, 0) is 19.1 Å². The number of nitrogens with zero attached hydrogens (tertiary/aromatic N) is 1. The van der Waals surface area contributed by atoms with E-state index >= 15 is 0 Å². The van der Waals surface area contributed by atoms with E-state index in [0.29, 0.717) is 0 Å². The molecule has 1 aromatic rings. The molecule has 0 fully saturated rings. The minimum atomic E-state index is -1.46. The zero-order valence-corrected chi connectivity index (χ0v) is 16.0. The van der Waals surface area contributed by atoms with Crippen molar-refractivity contribution in [2.45, 2.75) is 32.5 Å². The molecule has 1 rings (SSSR count). The maximum atomic E-state index is 13.6. The highest BCUT2D eigenvalue weighted by Crippen LogP contribution is 2.35. The molecular formula is C16H19Cl2FN2O5. The number of hydrogen-bond acceptors (Lipinski definition) is 7. The standard InChI is InChI=1S/C16H19Cl2FN2O5/c1-5-6-24-7-9(22)16(3,4)26-15(23)8(2)25-14-11(18)12(20)10(17)13(19)21-14/h5,8H,1,6-7H2,2-4H3,(H2,20,21). The first-order valence-corrected chi connectivity index (χ1v) is 8.18. The van der Waals surface area contributed by atoms with Crippen LogP contribution in [-0.4, -0.2) is 41.7 Å². The van der Waals surface area contributed by atoms with Crippen LogP contribution >= 0.6 is 23.2 Å². The molecule has 144 valence electrons. The van der Waals surface area contributed by atoms with Crippen LogP contribution in [0.15, 0.2) is 12.7 Å². The van der Waals surface area contributed by atoms with Crippen LogP contribution in [0, 0.1) is 5.95 Å². The molecule has 26 heavy (non-hydrogen) atoms. The number of rotatable bonds is 9. The summed E-state index contributed by atoms with van der Waals surface area (Å²) in [6, 6.07) is 0. The predicted octanol–water partition coefficient (Wildman–Crippen LogP) is 2.97. The Balaban J connectivity index is 2.79. The lowest BCUT2D eigenvalue weighted by Gasteiger charge is -2.25. The van der Waals surface area contributed by atoms with E-state index in [4.69, 9.17) is 43.1 Å². The van der Waals surface area contributed by atoms with Gasteiger partial charge < -0.3 is 19.9 Å². The number of nitrogens with two attached hydrogens (primary N) is 1. The molecule has 7 nitrogen and oxygen atoms in total. The van der Waals surface area contributed by atoms with Crippen LogP contribution in [0.3, 0.4) is 0 Å². The summed E-state index contributed by atoms with van der Waals surface area (Å²) in [6.07, 6.45) is 0.233. The molecule has 0 saturated carbocycles. The number of halogens is 3. The van der Waals surface area contributed by atoms with Crippen LogP contribution in [0.1, 0.15) is 20.8 Å². The van der Waals surface area contributed by atoms with Gasteiger partial charge in [0.15, 0.2) is 11.7 Å². The highest BCUT2D eigenvalue weighted by atomic mass is 35.5. The summed E-state index contributed by atoms with van der Waals surface area (Å²) < 4.78 is 28.9. The van der Waals surface area contributed by atoms with E-state index in [9.17, 15) is 14.0 Å². The fourth-order valence-corrected chi connectivity index (χ4v) is 1.97. The number of carbonyl (C=O) groups is 2. The highest BCUT2D eigenvalue weighted by Gasteiger charge is 2.34. The second-order valence-corrected chi connectivity index (χ2v) is 6.42. The number of hydrogen-bond donors (Lipinski definition) is 1. The van der Waals surface area contributed by atoms with Gasteiger partial charge in [-0.25, -0.2) is 4.79 Å². The molecule has 0 bridgehead atoms. The molecule has 1 heterocycles. The Hall–Kier alpha value is -1.90. The van der Waals surface area contributed by atoms with Gasteiger partial charge in [-0.05, 0) is 20.8 Å². The van der Waals surface area contributed by atoms with Crippen molar-refractivity contribution >= 4 is 40.6 Å². The second-order valence-electron chi connectivity index (χ2n) is 5.67. The van der Waals surface area contributed by atoms with Crippen molar-refractivity contribution in [3.8, 4) is 5.88 Å². The van der Waals surface area contributed by atoms with E-state index in [-0.39, 0.29) is 23.9 Å². The molecule has 1 unspecified atom stereocenters. The molecule has 0 spiro atoms. The van der Waals surface area contributed by atoms with Crippen LogP contribution in [0.25, 0.3) is 0 Å². The Morgan fingerprint density at radius 2 is 2.00 bits per heavy atom. The number of anilines is 1. The molecule has 10 heteroatoms. The van der Waals surface area contributed by atoms with Crippen LogP contribution in [0.2, 0.25) is 10.0 Å². The lowest BCUT2D eigenvalue weighted by molar-refractivity contribution is -0.171. The average molecular weight is 409 g/mol. The second kappa shape index (κ2) is 9.16. The first-order valence-electron chi connectivity index (χ1n) is 7.42. The average Bonchev–Trinajstić information content (AvgIpc) is 2.57. The molecule has 0 radical (unpaired) electrons. The highest BCUT2D eigenvalue weighted by molar-refractivity contribution is 6.39. The van der Waals surface area contributed by atoms with Gasteiger partial charge in [0.25, 0.3) is 0 Å². The summed E-state index contributed by atoms with van der Waals surface area (Å²) in [5.74, 6) is -2.87. The Morgan fingerprint density at radius 1 is 1.38 bits per heavy atom. The number of Topliss-reactive ketones (excluding diaryl/α,β-unsaturated/α-hetero) is 1. The Morgan fingerprint density at radius 3 is 2.58 bits per heavy atom. The monoisotopic (exact) mass is 408 g/mol. The van der Waals surface area contributed by atoms with Gasteiger partial charge in [-0.3, -0.25) is 4.79 Å². The quantitative estimate of drug-likeness (QED) is 0.290. The summed E-state index contributed by atoms with van der Waals surface area (Å²) in [6.45, 7) is 7.51. The predicted molar refractivity (Wildman–Crippen MR) is 94.9 cm³/mol. The number of esters is 1. The van der Waals surface area contributed by atoms with Crippen LogP contribution in [0.5, 0.6) is 5.88 Å². The van der Waals surface area contributed by atoms with E-state index < -0.39 is 40.3 Å². The molecule has 0 amide bonds. The first kappa shape index (κ1) is 22.1. The Bertz CT molecular complexity index is 712. The molecule has 0 aromatic carbocycles. The van der Waals surface area contributed by atoms with Gasteiger partial charge in [0.2, 0.25) is 17.6 Å². The molecule has 1 aromatic heterocycles. The molecule has 0 aliphatic carbocycles. The van der Waals surface area contributed by atoms with Gasteiger partial charge in [0, 0.05) is 0 Å². The summed E-state index contributed by atoms with van der Waals surface area (Å²) in [5.41, 5.74) is 3.80. The van der Waals surface area contributed by atoms with Crippen molar-refractivity contribution in [2.75, 3.05) is 18.9 Å². The number of ketones is 1. The molecule has 0 aliphatic heterocycles. The van der Waals surface area contributed by atoms with Gasteiger partial charge in [0.1, 0.15) is 16.7 Å². The minimum absolute atomic E-state index is 0.184. The Labute approximate surface area is 160 Å². The lowest BCUT2D eigenvalue weighted by atomic mass is 10.0. The summed E-state index contributed by atoms with van der Waals surface area (Å²) in [5, 5.41) is -0.701. The van der Waals surface area contributed by atoms with Gasteiger partial charge in [-0.2, -0.15) is 9.37 Å². The number of carbonyl (C=O) groups excluding carboxylic acids is 2. The third-order valence-corrected chi connectivity index (χ3v) is 3.88. The normalized spacial score (nSPS) is 12.4. The van der Waals surface area contributed by atoms with Crippen molar-refractivity contribution in [3.05, 3.63) is 28.6 Å². The van der Waals surface area contributed by atoms with Gasteiger partial charge in [-0.1, -0.05) is 29.3 Å². The van der Waals surface area contributed by atoms with Gasteiger partial charge in [-0.15, -0.1) is 6.58 Å².